The normalized spacial score (nSPS) is 10.6. The van der Waals surface area contributed by atoms with Crippen LogP contribution in [0, 0.1) is 0 Å². The summed E-state index contributed by atoms with van der Waals surface area (Å²) in [4.78, 5) is 6.52. The van der Waals surface area contributed by atoms with Gasteiger partial charge < -0.3 is 10.6 Å². The molecule has 2 rings (SSSR count). The summed E-state index contributed by atoms with van der Waals surface area (Å²) in [6.07, 6.45) is 1.77. The highest BCUT2D eigenvalue weighted by Crippen LogP contribution is 2.19. The quantitative estimate of drug-likeness (QED) is 0.836. The maximum absolute atomic E-state index is 5.47. The summed E-state index contributed by atoms with van der Waals surface area (Å²) in [6.45, 7) is 0.674. The van der Waals surface area contributed by atoms with Crippen molar-refractivity contribution >= 4 is 5.69 Å². The summed E-state index contributed by atoms with van der Waals surface area (Å²) in [5.41, 5.74) is 7.66. The molecule has 5 heteroatoms. The molecular formula is C13H19N5. The third-order valence-electron chi connectivity index (χ3n) is 2.79. The molecule has 0 fully saturated rings. The highest BCUT2D eigenvalue weighted by Gasteiger charge is 2.05. The molecular weight excluding hydrogens is 226 g/mol. The molecule has 2 aromatic rings. The number of nitrogens with one attached hydrogen (secondary N) is 1. The second kappa shape index (κ2) is 5.64. The molecule has 18 heavy (non-hydrogen) atoms. The van der Waals surface area contributed by atoms with Crippen molar-refractivity contribution in [2.24, 2.45) is 5.73 Å². The van der Waals surface area contributed by atoms with Crippen LogP contribution in [-0.4, -0.2) is 35.8 Å². The van der Waals surface area contributed by atoms with Crippen LogP contribution >= 0.6 is 0 Å². The molecule has 0 amide bonds. The Labute approximate surface area is 107 Å². The third kappa shape index (κ3) is 2.87. The molecule has 0 atom stereocenters. The van der Waals surface area contributed by atoms with Gasteiger partial charge in [0, 0.05) is 31.8 Å². The summed E-state index contributed by atoms with van der Waals surface area (Å²) in [6, 6.07) is 8.19. The number of hydrogen-bond acceptors (Lipinski definition) is 4. The fourth-order valence-corrected chi connectivity index (χ4v) is 1.71. The largest absolute Gasteiger partial charge is 0.378 e. The van der Waals surface area contributed by atoms with Crippen molar-refractivity contribution in [1.29, 1.82) is 0 Å². The van der Waals surface area contributed by atoms with Crippen molar-refractivity contribution in [2.75, 3.05) is 25.5 Å². The number of anilines is 1. The molecule has 96 valence electrons. The van der Waals surface area contributed by atoms with E-state index in [4.69, 9.17) is 5.73 Å². The lowest BCUT2D eigenvalue weighted by Gasteiger charge is -2.11. The summed E-state index contributed by atoms with van der Waals surface area (Å²) in [5.74, 6) is 1.64. The number of H-pyrrole nitrogens is 1. The van der Waals surface area contributed by atoms with Crippen molar-refractivity contribution in [2.45, 2.75) is 12.8 Å². The molecule has 0 unspecified atom stereocenters. The molecule has 1 heterocycles. The van der Waals surface area contributed by atoms with E-state index >= 15 is 0 Å². The van der Waals surface area contributed by atoms with Gasteiger partial charge in [-0.2, -0.15) is 5.10 Å². The molecule has 0 bridgehead atoms. The predicted octanol–water partition coefficient (Wildman–Crippen LogP) is 1.43. The van der Waals surface area contributed by atoms with Gasteiger partial charge in [-0.15, -0.1) is 0 Å². The van der Waals surface area contributed by atoms with E-state index in [-0.39, 0.29) is 0 Å². The minimum absolute atomic E-state index is 0.674. The number of rotatable bonds is 5. The summed E-state index contributed by atoms with van der Waals surface area (Å²) >= 11 is 0. The fourth-order valence-electron chi connectivity index (χ4n) is 1.71. The fraction of sp³-hybridized carbons (Fsp3) is 0.385. The van der Waals surface area contributed by atoms with E-state index in [1.807, 2.05) is 26.2 Å². The molecule has 0 saturated carbocycles. The number of nitrogens with zero attached hydrogens (tertiary/aromatic N) is 3. The summed E-state index contributed by atoms with van der Waals surface area (Å²) in [5, 5.41) is 7.17. The summed E-state index contributed by atoms with van der Waals surface area (Å²) < 4.78 is 0. The maximum Gasteiger partial charge on any atom is 0.181 e. The molecule has 0 aliphatic carbocycles. The van der Waals surface area contributed by atoms with Crippen LogP contribution in [0.5, 0.6) is 0 Å². The van der Waals surface area contributed by atoms with E-state index < -0.39 is 0 Å². The second-order valence-corrected chi connectivity index (χ2v) is 4.44. The zero-order valence-electron chi connectivity index (χ0n) is 10.8. The Hall–Kier alpha value is -1.88. The van der Waals surface area contributed by atoms with Crippen molar-refractivity contribution in [3.05, 3.63) is 30.1 Å². The summed E-state index contributed by atoms with van der Waals surface area (Å²) in [7, 11) is 4.04. The Balaban J connectivity index is 2.13. The number of aryl methyl sites for hydroxylation is 1. The lowest BCUT2D eigenvalue weighted by Crippen LogP contribution is -2.07. The van der Waals surface area contributed by atoms with Crippen LogP contribution in [-0.2, 0) is 6.42 Å². The van der Waals surface area contributed by atoms with E-state index in [9.17, 15) is 0 Å². The molecule has 0 aliphatic heterocycles. The first kappa shape index (κ1) is 12.6. The Bertz CT molecular complexity index is 486. The Morgan fingerprint density at radius 1 is 1.22 bits per heavy atom. The van der Waals surface area contributed by atoms with Gasteiger partial charge in [0.05, 0.1) is 0 Å². The molecule has 0 aliphatic rings. The lowest BCUT2D eigenvalue weighted by molar-refractivity contribution is 0.785. The van der Waals surface area contributed by atoms with Gasteiger partial charge in [0.2, 0.25) is 0 Å². The monoisotopic (exact) mass is 245 g/mol. The van der Waals surface area contributed by atoms with Gasteiger partial charge in [-0.3, -0.25) is 5.10 Å². The lowest BCUT2D eigenvalue weighted by atomic mass is 10.2. The minimum atomic E-state index is 0.674. The van der Waals surface area contributed by atoms with Crippen molar-refractivity contribution in [3.63, 3.8) is 0 Å². The van der Waals surface area contributed by atoms with Crippen molar-refractivity contribution < 1.29 is 0 Å². The van der Waals surface area contributed by atoms with E-state index in [0.29, 0.717) is 6.54 Å². The molecule has 0 saturated heterocycles. The van der Waals surface area contributed by atoms with Crippen LogP contribution in [0.3, 0.4) is 0 Å². The predicted molar refractivity (Wildman–Crippen MR) is 73.5 cm³/mol. The van der Waals surface area contributed by atoms with Gasteiger partial charge in [-0.25, -0.2) is 4.98 Å². The van der Waals surface area contributed by atoms with Crippen LogP contribution in [0.2, 0.25) is 0 Å². The zero-order valence-corrected chi connectivity index (χ0v) is 10.8. The second-order valence-electron chi connectivity index (χ2n) is 4.44. The van der Waals surface area contributed by atoms with Gasteiger partial charge in [0.1, 0.15) is 5.82 Å². The molecule has 1 aromatic carbocycles. The molecule has 5 nitrogen and oxygen atoms in total. The number of benzene rings is 1. The molecule has 0 spiro atoms. The van der Waals surface area contributed by atoms with Crippen molar-refractivity contribution in [3.8, 4) is 11.4 Å². The van der Waals surface area contributed by atoms with Crippen LogP contribution in [0.15, 0.2) is 24.3 Å². The Kier molecular flexibility index (Phi) is 3.94. The highest BCUT2D eigenvalue weighted by molar-refractivity contribution is 5.59. The molecule has 0 radical (unpaired) electrons. The van der Waals surface area contributed by atoms with E-state index in [2.05, 4.69) is 32.2 Å². The van der Waals surface area contributed by atoms with Crippen LogP contribution < -0.4 is 10.6 Å². The van der Waals surface area contributed by atoms with Gasteiger partial charge >= 0.3 is 0 Å². The van der Waals surface area contributed by atoms with E-state index in [0.717, 1.165) is 35.7 Å². The minimum Gasteiger partial charge on any atom is -0.378 e. The standard InChI is InChI=1S/C13H19N5/c1-18(2)11-7-5-10(6-8-11)13-15-12(16-17-13)4-3-9-14/h5-8H,3-4,9,14H2,1-2H3,(H,15,16,17). The number of aromatic nitrogens is 3. The van der Waals surface area contributed by atoms with Crippen LogP contribution in [0.25, 0.3) is 11.4 Å². The van der Waals surface area contributed by atoms with Crippen molar-refractivity contribution in [1.82, 2.24) is 15.2 Å². The zero-order chi connectivity index (χ0) is 13.0. The first-order valence-electron chi connectivity index (χ1n) is 6.10. The number of aromatic amines is 1. The number of hydrogen-bond donors (Lipinski definition) is 2. The average molecular weight is 245 g/mol. The van der Waals surface area contributed by atoms with E-state index in [1.165, 1.54) is 0 Å². The average Bonchev–Trinajstić information content (AvgIpc) is 2.85. The maximum atomic E-state index is 5.47. The Morgan fingerprint density at radius 2 is 1.94 bits per heavy atom. The Morgan fingerprint density at radius 3 is 2.56 bits per heavy atom. The van der Waals surface area contributed by atoms with Gasteiger partial charge in [-0.05, 0) is 37.2 Å². The SMILES string of the molecule is CN(C)c1ccc(-c2n[nH]c(CCCN)n2)cc1. The van der Waals surface area contributed by atoms with E-state index in [1.54, 1.807) is 0 Å². The molecule has 1 aromatic heterocycles. The highest BCUT2D eigenvalue weighted by atomic mass is 15.2. The van der Waals surface area contributed by atoms with Gasteiger partial charge in [0.25, 0.3) is 0 Å². The molecule has 3 N–H and O–H groups in total. The number of nitrogens with two attached hydrogens (primary N) is 1. The first-order valence-corrected chi connectivity index (χ1v) is 6.10. The van der Waals surface area contributed by atoms with Gasteiger partial charge in [-0.1, -0.05) is 0 Å². The van der Waals surface area contributed by atoms with Crippen LogP contribution in [0.4, 0.5) is 5.69 Å². The first-order chi connectivity index (χ1) is 8.70. The smallest absolute Gasteiger partial charge is 0.181 e. The van der Waals surface area contributed by atoms with Crippen LogP contribution in [0.1, 0.15) is 12.2 Å². The topological polar surface area (TPSA) is 70.8 Å². The van der Waals surface area contributed by atoms with Gasteiger partial charge in [0.15, 0.2) is 5.82 Å². The third-order valence-corrected chi connectivity index (χ3v) is 2.79.